The Labute approximate surface area is 248 Å². The Morgan fingerprint density at radius 1 is 0.488 bits per heavy atom. The SMILES string of the molecule is c1ccc(-c2nc(-c3ccc4ccccc4c3-c3ccc4c5ccccc5c5ccccc5c4c3)n3ccccc23)nc1. The third kappa shape index (κ3) is 3.62. The van der Waals surface area contributed by atoms with Crippen LogP contribution in [0, 0.1) is 0 Å². The molecule has 0 amide bonds. The van der Waals surface area contributed by atoms with Gasteiger partial charge < -0.3 is 0 Å². The van der Waals surface area contributed by atoms with E-state index in [0.717, 1.165) is 28.3 Å². The highest BCUT2D eigenvalue weighted by molar-refractivity contribution is 6.26. The minimum atomic E-state index is 0.865. The molecule has 200 valence electrons. The normalized spacial score (nSPS) is 11.7. The van der Waals surface area contributed by atoms with Crippen molar-refractivity contribution >= 4 is 48.6 Å². The summed E-state index contributed by atoms with van der Waals surface area (Å²) < 4.78 is 2.20. The lowest BCUT2D eigenvalue weighted by Crippen LogP contribution is -1.94. The monoisotopic (exact) mass is 547 g/mol. The number of imidazole rings is 1. The molecule has 0 bridgehead atoms. The topological polar surface area (TPSA) is 30.2 Å². The van der Waals surface area contributed by atoms with Gasteiger partial charge in [0.1, 0.15) is 11.5 Å². The van der Waals surface area contributed by atoms with E-state index in [4.69, 9.17) is 4.98 Å². The van der Waals surface area contributed by atoms with Gasteiger partial charge in [0, 0.05) is 23.5 Å². The standard InChI is InChI=1S/C40H25N3/c1-2-12-28-26(11-1)19-22-34(40-42-39(36-17-7-9-23-41-36)37-18-8-10-24-43(37)40)38(28)27-20-21-33-31-15-4-3-13-29(31)30-14-5-6-16-32(30)35(33)25-27/h1-25H. The largest absolute Gasteiger partial charge is 0.299 e. The summed E-state index contributed by atoms with van der Waals surface area (Å²) >= 11 is 0. The first kappa shape index (κ1) is 23.9. The van der Waals surface area contributed by atoms with Crippen molar-refractivity contribution in [2.24, 2.45) is 0 Å². The fourth-order valence-electron chi connectivity index (χ4n) is 6.75. The van der Waals surface area contributed by atoms with E-state index >= 15 is 0 Å². The number of hydrogen-bond acceptors (Lipinski definition) is 2. The van der Waals surface area contributed by atoms with Crippen LogP contribution in [0.3, 0.4) is 0 Å². The van der Waals surface area contributed by atoms with Crippen LogP contribution in [0.4, 0.5) is 0 Å². The highest BCUT2D eigenvalue weighted by atomic mass is 15.0. The number of fused-ring (bicyclic) bond motifs is 8. The van der Waals surface area contributed by atoms with E-state index in [1.807, 2.05) is 24.4 Å². The van der Waals surface area contributed by atoms with Crippen molar-refractivity contribution in [3.63, 3.8) is 0 Å². The maximum absolute atomic E-state index is 5.28. The second-order valence-corrected chi connectivity index (χ2v) is 11.0. The van der Waals surface area contributed by atoms with E-state index in [0.29, 0.717) is 0 Å². The molecule has 0 aliphatic rings. The summed E-state index contributed by atoms with van der Waals surface area (Å²) in [4.78, 5) is 9.93. The van der Waals surface area contributed by atoms with Gasteiger partial charge in [0.25, 0.3) is 0 Å². The number of pyridine rings is 2. The van der Waals surface area contributed by atoms with Crippen molar-refractivity contribution in [3.8, 4) is 33.9 Å². The summed E-state index contributed by atoms with van der Waals surface area (Å²) in [5, 5.41) is 10.0. The Kier molecular flexibility index (Phi) is 5.20. The summed E-state index contributed by atoms with van der Waals surface area (Å²) in [6.07, 6.45) is 3.93. The lowest BCUT2D eigenvalue weighted by atomic mass is 9.89. The first-order chi connectivity index (χ1) is 21.3. The van der Waals surface area contributed by atoms with Crippen molar-refractivity contribution in [2.45, 2.75) is 0 Å². The van der Waals surface area contributed by atoms with Crippen LogP contribution in [0.25, 0.3) is 82.5 Å². The van der Waals surface area contributed by atoms with Crippen molar-refractivity contribution in [3.05, 3.63) is 152 Å². The van der Waals surface area contributed by atoms with Crippen LogP contribution >= 0.6 is 0 Å². The van der Waals surface area contributed by atoms with Crippen LogP contribution in [0.2, 0.25) is 0 Å². The fraction of sp³-hybridized carbons (Fsp3) is 0. The molecular formula is C40H25N3. The number of hydrogen-bond donors (Lipinski definition) is 0. The molecule has 9 rings (SSSR count). The van der Waals surface area contributed by atoms with Crippen LogP contribution in [0.5, 0.6) is 0 Å². The predicted octanol–water partition coefficient (Wildman–Crippen LogP) is 10.3. The summed E-state index contributed by atoms with van der Waals surface area (Å²) in [7, 11) is 0. The van der Waals surface area contributed by atoms with Gasteiger partial charge in [-0.2, -0.15) is 0 Å². The van der Waals surface area contributed by atoms with E-state index in [9.17, 15) is 0 Å². The van der Waals surface area contributed by atoms with E-state index in [2.05, 4.69) is 137 Å². The van der Waals surface area contributed by atoms with Gasteiger partial charge in [0.15, 0.2) is 0 Å². The molecular weight excluding hydrogens is 522 g/mol. The molecule has 3 heterocycles. The third-order valence-electron chi connectivity index (χ3n) is 8.66. The second-order valence-electron chi connectivity index (χ2n) is 11.0. The van der Waals surface area contributed by atoms with Crippen LogP contribution in [-0.4, -0.2) is 14.4 Å². The van der Waals surface area contributed by atoms with Crippen LogP contribution in [-0.2, 0) is 0 Å². The quantitative estimate of drug-likeness (QED) is 0.206. The zero-order valence-corrected chi connectivity index (χ0v) is 23.3. The molecule has 0 saturated heterocycles. The van der Waals surface area contributed by atoms with Gasteiger partial charge in [-0.25, -0.2) is 4.98 Å². The summed E-state index contributed by atoms with van der Waals surface area (Å²) in [5.41, 5.74) is 6.22. The highest BCUT2D eigenvalue weighted by Gasteiger charge is 2.20. The van der Waals surface area contributed by atoms with Gasteiger partial charge in [0.05, 0.1) is 11.2 Å². The molecule has 0 saturated carbocycles. The molecule has 0 radical (unpaired) electrons. The van der Waals surface area contributed by atoms with E-state index < -0.39 is 0 Å². The molecule has 43 heavy (non-hydrogen) atoms. The zero-order chi connectivity index (χ0) is 28.3. The third-order valence-corrected chi connectivity index (χ3v) is 8.66. The maximum Gasteiger partial charge on any atom is 0.145 e. The van der Waals surface area contributed by atoms with Crippen LogP contribution in [0.1, 0.15) is 0 Å². The minimum Gasteiger partial charge on any atom is -0.299 e. The van der Waals surface area contributed by atoms with E-state index in [1.54, 1.807) is 0 Å². The summed E-state index contributed by atoms with van der Waals surface area (Å²) in [6.45, 7) is 0. The Bertz CT molecular complexity index is 2470. The van der Waals surface area contributed by atoms with Crippen molar-refractivity contribution < 1.29 is 0 Å². The van der Waals surface area contributed by atoms with Crippen LogP contribution in [0.15, 0.2) is 152 Å². The van der Waals surface area contributed by atoms with Gasteiger partial charge in [-0.3, -0.25) is 9.38 Å². The average Bonchev–Trinajstić information content (AvgIpc) is 3.48. The van der Waals surface area contributed by atoms with Crippen LogP contribution < -0.4 is 0 Å². The van der Waals surface area contributed by atoms with Crippen molar-refractivity contribution in [1.29, 1.82) is 0 Å². The van der Waals surface area contributed by atoms with E-state index in [-0.39, 0.29) is 0 Å². The molecule has 0 atom stereocenters. The Morgan fingerprint density at radius 2 is 1.14 bits per heavy atom. The number of rotatable bonds is 3. The summed E-state index contributed by atoms with van der Waals surface area (Å²) in [6, 6.07) is 49.8. The number of benzene rings is 6. The molecule has 0 spiro atoms. The molecule has 3 nitrogen and oxygen atoms in total. The average molecular weight is 548 g/mol. The smallest absolute Gasteiger partial charge is 0.145 e. The highest BCUT2D eigenvalue weighted by Crippen LogP contribution is 2.42. The predicted molar refractivity (Wildman–Crippen MR) is 179 cm³/mol. The van der Waals surface area contributed by atoms with Gasteiger partial charge >= 0.3 is 0 Å². The van der Waals surface area contributed by atoms with Crippen molar-refractivity contribution in [1.82, 2.24) is 14.4 Å². The molecule has 0 N–H and O–H groups in total. The molecule has 0 aliphatic heterocycles. The van der Waals surface area contributed by atoms with Gasteiger partial charge in [-0.05, 0) is 85.1 Å². The molecule has 9 aromatic rings. The maximum atomic E-state index is 5.28. The van der Waals surface area contributed by atoms with Gasteiger partial charge in [-0.1, -0.05) is 103 Å². The lowest BCUT2D eigenvalue weighted by molar-refractivity contribution is 1.16. The van der Waals surface area contributed by atoms with Crippen molar-refractivity contribution in [2.75, 3.05) is 0 Å². The van der Waals surface area contributed by atoms with Gasteiger partial charge in [-0.15, -0.1) is 0 Å². The molecule has 0 aliphatic carbocycles. The van der Waals surface area contributed by atoms with E-state index in [1.165, 1.54) is 54.2 Å². The van der Waals surface area contributed by atoms with Gasteiger partial charge in [0.2, 0.25) is 0 Å². The molecule has 0 fully saturated rings. The molecule has 3 heteroatoms. The number of aromatic nitrogens is 3. The second kappa shape index (κ2) is 9.37. The first-order valence-electron chi connectivity index (χ1n) is 14.6. The fourth-order valence-corrected chi connectivity index (χ4v) is 6.75. The Morgan fingerprint density at radius 3 is 1.88 bits per heavy atom. The summed E-state index contributed by atoms with van der Waals surface area (Å²) in [5.74, 6) is 0.903. The minimum absolute atomic E-state index is 0.865. The lowest BCUT2D eigenvalue weighted by Gasteiger charge is -2.16. The Balaban J connectivity index is 1.38. The Hall–Kier alpha value is -5.80. The molecule has 6 aromatic carbocycles. The molecule has 3 aromatic heterocycles. The zero-order valence-electron chi connectivity index (χ0n) is 23.3. The first-order valence-corrected chi connectivity index (χ1v) is 14.6. The molecule has 0 unspecified atom stereocenters. The number of nitrogens with zero attached hydrogens (tertiary/aromatic N) is 3.